The zero-order valence-electron chi connectivity index (χ0n) is 11.9. The molecule has 0 radical (unpaired) electrons. The normalized spacial score (nSPS) is 17.4. The highest BCUT2D eigenvalue weighted by Crippen LogP contribution is 2.14. The predicted molar refractivity (Wildman–Crippen MR) is 83.3 cm³/mol. The van der Waals surface area contributed by atoms with Crippen LogP contribution in [0.5, 0.6) is 0 Å². The van der Waals surface area contributed by atoms with Gasteiger partial charge in [0, 0.05) is 31.2 Å². The van der Waals surface area contributed by atoms with E-state index in [9.17, 15) is 4.79 Å². The van der Waals surface area contributed by atoms with E-state index in [1.165, 1.54) is 0 Å². The number of benzene rings is 1. The Morgan fingerprint density at radius 1 is 1.33 bits per heavy atom. The number of nitrogens with one attached hydrogen (secondary N) is 2. The molecular formula is C14H18ClN5O. The van der Waals surface area contributed by atoms with Crippen molar-refractivity contribution in [3.8, 4) is 0 Å². The zero-order valence-corrected chi connectivity index (χ0v) is 12.7. The van der Waals surface area contributed by atoms with Gasteiger partial charge in [0.25, 0.3) is 5.56 Å². The Morgan fingerprint density at radius 2 is 2.10 bits per heavy atom. The fourth-order valence-corrected chi connectivity index (χ4v) is 2.56. The summed E-state index contributed by atoms with van der Waals surface area (Å²) in [6.45, 7) is 4.48. The molecule has 0 amide bonds. The molecule has 0 atom stereocenters. The number of aromatic nitrogens is 2. The third-order valence-corrected chi connectivity index (χ3v) is 3.93. The van der Waals surface area contributed by atoms with E-state index in [1.807, 2.05) is 0 Å². The number of likely N-dealkylation sites (N-methyl/N-ethyl adjacent to an activating group) is 1. The summed E-state index contributed by atoms with van der Waals surface area (Å²) in [4.78, 5) is 21.6. The van der Waals surface area contributed by atoms with Crippen molar-refractivity contribution >= 4 is 22.5 Å². The molecule has 1 aromatic carbocycles. The summed E-state index contributed by atoms with van der Waals surface area (Å²) >= 11 is 5.96. The first-order valence-corrected chi connectivity index (χ1v) is 7.35. The number of fused-ring (bicyclic) bond motifs is 1. The van der Waals surface area contributed by atoms with Crippen molar-refractivity contribution in [1.29, 1.82) is 0 Å². The van der Waals surface area contributed by atoms with Gasteiger partial charge in [0.2, 0.25) is 0 Å². The minimum Gasteiger partial charge on any atom is -0.309 e. The Balaban J connectivity index is 1.74. The molecule has 6 nitrogen and oxygen atoms in total. The molecule has 112 valence electrons. The second kappa shape index (κ2) is 6.11. The first-order chi connectivity index (χ1) is 10.1. The number of piperazine rings is 1. The molecule has 1 aromatic heterocycles. The first kappa shape index (κ1) is 14.5. The van der Waals surface area contributed by atoms with Gasteiger partial charge >= 0.3 is 0 Å². The van der Waals surface area contributed by atoms with Crippen molar-refractivity contribution < 1.29 is 0 Å². The third-order valence-electron chi connectivity index (χ3n) is 3.69. The van der Waals surface area contributed by atoms with Gasteiger partial charge in [-0.3, -0.25) is 4.79 Å². The molecule has 0 unspecified atom stereocenters. The maximum Gasteiger partial charge on any atom is 0.258 e. The fourth-order valence-electron chi connectivity index (χ4n) is 2.40. The maximum absolute atomic E-state index is 12.0. The SMILES string of the molecule is CN1CCN(NCc2nc3cc(Cl)ccc3c(=O)[nH]2)CC1. The van der Waals surface area contributed by atoms with Gasteiger partial charge in [0.05, 0.1) is 17.4 Å². The van der Waals surface area contributed by atoms with Crippen molar-refractivity contribution in [3.05, 3.63) is 39.4 Å². The molecule has 0 aliphatic carbocycles. The van der Waals surface area contributed by atoms with E-state index in [4.69, 9.17) is 11.6 Å². The number of hydrogen-bond acceptors (Lipinski definition) is 5. The molecule has 1 fully saturated rings. The monoisotopic (exact) mass is 307 g/mol. The smallest absolute Gasteiger partial charge is 0.258 e. The van der Waals surface area contributed by atoms with Crippen molar-refractivity contribution in [2.75, 3.05) is 33.2 Å². The van der Waals surface area contributed by atoms with E-state index in [-0.39, 0.29) is 5.56 Å². The fraction of sp³-hybridized carbons (Fsp3) is 0.429. The highest BCUT2D eigenvalue weighted by molar-refractivity contribution is 6.31. The summed E-state index contributed by atoms with van der Waals surface area (Å²) in [5.41, 5.74) is 3.80. The molecule has 3 rings (SSSR count). The summed E-state index contributed by atoms with van der Waals surface area (Å²) in [5, 5.41) is 3.30. The molecule has 0 saturated carbocycles. The van der Waals surface area contributed by atoms with Crippen molar-refractivity contribution in [3.63, 3.8) is 0 Å². The number of hydrazine groups is 1. The average Bonchev–Trinajstić information content (AvgIpc) is 2.46. The molecule has 2 aromatic rings. The summed E-state index contributed by atoms with van der Waals surface area (Å²) in [5.74, 6) is 0.619. The molecule has 1 aliphatic heterocycles. The van der Waals surface area contributed by atoms with Crippen LogP contribution in [-0.2, 0) is 6.54 Å². The van der Waals surface area contributed by atoms with Crippen LogP contribution in [0.3, 0.4) is 0 Å². The topological polar surface area (TPSA) is 64.3 Å². The van der Waals surface area contributed by atoms with Crippen LogP contribution in [0.4, 0.5) is 0 Å². The van der Waals surface area contributed by atoms with E-state index in [2.05, 4.69) is 32.4 Å². The highest BCUT2D eigenvalue weighted by Gasteiger charge is 2.13. The van der Waals surface area contributed by atoms with Gasteiger partial charge in [-0.1, -0.05) is 11.6 Å². The standard InChI is InChI=1S/C14H18ClN5O/c1-19-4-6-20(7-5-19)16-9-13-17-12-8-10(15)2-3-11(12)14(21)18-13/h2-3,8,16H,4-7,9H2,1H3,(H,17,18,21). The third kappa shape index (κ3) is 3.41. The van der Waals surface area contributed by atoms with Gasteiger partial charge < -0.3 is 9.88 Å². The number of H-pyrrole nitrogens is 1. The molecule has 1 aliphatic rings. The lowest BCUT2D eigenvalue weighted by atomic mass is 10.2. The predicted octanol–water partition coefficient (Wildman–Crippen LogP) is 0.828. The average molecular weight is 308 g/mol. The zero-order chi connectivity index (χ0) is 14.8. The lowest BCUT2D eigenvalue weighted by molar-refractivity contribution is 0.101. The van der Waals surface area contributed by atoms with E-state index >= 15 is 0 Å². The lowest BCUT2D eigenvalue weighted by Crippen LogP contribution is -2.50. The van der Waals surface area contributed by atoms with E-state index < -0.39 is 0 Å². The number of hydrogen-bond donors (Lipinski definition) is 2. The first-order valence-electron chi connectivity index (χ1n) is 6.97. The summed E-state index contributed by atoms with van der Waals surface area (Å²) in [6, 6.07) is 5.11. The van der Waals surface area contributed by atoms with Gasteiger partial charge in [-0.2, -0.15) is 0 Å². The van der Waals surface area contributed by atoms with Crippen LogP contribution >= 0.6 is 11.6 Å². The van der Waals surface area contributed by atoms with E-state index in [0.717, 1.165) is 26.2 Å². The van der Waals surface area contributed by atoms with Crippen LogP contribution in [0.25, 0.3) is 10.9 Å². The van der Waals surface area contributed by atoms with Crippen LogP contribution in [0.2, 0.25) is 5.02 Å². The summed E-state index contributed by atoms with van der Waals surface area (Å²) in [6.07, 6.45) is 0. The molecule has 2 N–H and O–H groups in total. The second-order valence-electron chi connectivity index (χ2n) is 5.30. The van der Waals surface area contributed by atoms with E-state index in [0.29, 0.717) is 28.3 Å². The molecule has 0 spiro atoms. The molecule has 1 saturated heterocycles. The van der Waals surface area contributed by atoms with Crippen LogP contribution in [0, 0.1) is 0 Å². The molecule has 7 heteroatoms. The lowest BCUT2D eigenvalue weighted by Gasteiger charge is -2.32. The molecule has 2 heterocycles. The Kier molecular flexibility index (Phi) is 4.21. The van der Waals surface area contributed by atoms with Gasteiger partial charge in [-0.05, 0) is 25.2 Å². The number of halogens is 1. The Morgan fingerprint density at radius 3 is 2.86 bits per heavy atom. The Hall–Kier alpha value is -1.47. The van der Waals surface area contributed by atoms with Crippen LogP contribution in [0.1, 0.15) is 5.82 Å². The van der Waals surface area contributed by atoms with Gasteiger partial charge in [-0.15, -0.1) is 0 Å². The Bertz CT molecular complexity index is 693. The minimum atomic E-state index is -0.133. The number of aromatic amines is 1. The van der Waals surface area contributed by atoms with Crippen molar-refractivity contribution in [2.24, 2.45) is 0 Å². The molecular weight excluding hydrogens is 290 g/mol. The number of nitrogens with zero attached hydrogens (tertiary/aromatic N) is 3. The van der Waals surface area contributed by atoms with Crippen LogP contribution < -0.4 is 11.0 Å². The summed E-state index contributed by atoms with van der Waals surface area (Å²) < 4.78 is 0. The molecule has 0 bridgehead atoms. The molecule has 21 heavy (non-hydrogen) atoms. The number of rotatable bonds is 3. The van der Waals surface area contributed by atoms with Crippen molar-refractivity contribution in [2.45, 2.75) is 6.54 Å². The van der Waals surface area contributed by atoms with Gasteiger partial charge in [0.15, 0.2) is 0 Å². The van der Waals surface area contributed by atoms with Crippen molar-refractivity contribution in [1.82, 2.24) is 25.3 Å². The highest BCUT2D eigenvalue weighted by atomic mass is 35.5. The maximum atomic E-state index is 12.0. The second-order valence-corrected chi connectivity index (χ2v) is 5.74. The minimum absolute atomic E-state index is 0.133. The van der Waals surface area contributed by atoms with Gasteiger partial charge in [0.1, 0.15) is 5.82 Å². The van der Waals surface area contributed by atoms with Crippen LogP contribution in [-0.4, -0.2) is 53.1 Å². The summed E-state index contributed by atoms with van der Waals surface area (Å²) in [7, 11) is 2.11. The Labute approximate surface area is 127 Å². The van der Waals surface area contributed by atoms with Crippen LogP contribution in [0.15, 0.2) is 23.0 Å². The largest absolute Gasteiger partial charge is 0.309 e. The van der Waals surface area contributed by atoms with Gasteiger partial charge in [-0.25, -0.2) is 15.4 Å². The quantitative estimate of drug-likeness (QED) is 0.879. The van der Waals surface area contributed by atoms with E-state index in [1.54, 1.807) is 18.2 Å².